The Kier molecular flexibility index (Phi) is 3.76. The molecule has 1 aliphatic rings. The van der Waals surface area contributed by atoms with E-state index in [0.717, 1.165) is 16.7 Å². The molecule has 1 aliphatic carbocycles. The van der Waals surface area contributed by atoms with Crippen LogP contribution < -0.4 is 0 Å². The van der Waals surface area contributed by atoms with E-state index in [1.807, 2.05) is 48.5 Å². The lowest BCUT2D eigenvalue weighted by atomic mass is 9.88. The molecule has 2 aromatic rings. The summed E-state index contributed by atoms with van der Waals surface area (Å²) in [6.07, 6.45) is 0. The average molecular weight is 322 g/mol. The van der Waals surface area contributed by atoms with Gasteiger partial charge in [-0.15, -0.1) is 0 Å². The molecule has 0 bridgehead atoms. The van der Waals surface area contributed by atoms with Crippen molar-refractivity contribution in [3.05, 3.63) is 77.0 Å². The fourth-order valence-electron chi connectivity index (χ4n) is 3.64. The second-order valence-corrected chi connectivity index (χ2v) is 12.0. The predicted molar refractivity (Wildman–Crippen MR) is 96.8 cm³/mol. The first-order valence-electron chi connectivity index (χ1n) is 7.89. The smallest absolute Gasteiger partial charge is 0.324 e. The van der Waals surface area contributed by atoms with Crippen LogP contribution in [0.15, 0.2) is 65.9 Å². The predicted octanol–water partition coefficient (Wildman–Crippen LogP) is 4.44. The van der Waals surface area contributed by atoms with Gasteiger partial charge in [0.15, 0.2) is 0 Å². The van der Waals surface area contributed by atoms with Gasteiger partial charge in [-0.1, -0.05) is 85.5 Å². The summed E-state index contributed by atoms with van der Waals surface area (Å²) in [5, 5.41) is 1.29. The van der Waals surface area contributed by atoms with E-state index in [-0.39, 0.29) is 5.97 Å². The van der Waals surface area contributed by atoms with Gasteiger partial charge in [-0.25, -0.2) is 0 Å². The van der Waals surface area contributed by atoms with Crippen LogP contribution in [0.4, 0.5) is 0 Å². The van der Waals surface area contributed by atoms with Crippen LogP contribution in [-0.4, -0.2) is 21.2 Å². The summed E-state index contributed by atoms with van der Waals surface area (Å²) >= 11 is 0. The van der Waals surface area contributed by atoms with Crippen LogP contribution in [-0.2, 0) is 14.9 Å². The lowest BCUT2D eigenvalue weighted by Gasteiger charge is -2.23. The molecule has 0 N–H and O–H groups in total. The number of carbonyl (C=O) groups is 1. The van der Waals surface area contributed by atoms with Gasteiger partial charge in [-0.05, 0) is 16.7 Å². The summed E-state index contributed by atoms with van der Waals surface area (Å²) in [6.45, 7) is 6.87. The number of ether oxygens (including phenoxy) is 1. The Morgan fingerprint density at radius 2 is 1.43 bits per heavy atom. The van der Waals surface area contributed by atoms with Crippen molar-refractivity contribution in [2.75, 3.05) is 7.11 Å². The normalized spacial score (nSPS) is 20.3. The zero-order valence-corrected chi connectivity index (χ0v) is 15.1. The molecule has 0 saturated carbocycles. The van der Waals surface area contributed by atoms with Crippen molar-refractivity contribution < 1.29 is 9.53 Å². The molecule has 3 heteroatoms. The van der Waals surface area contributed by atoms with Crippen LogP contribution in [0.25, 0.3) is 5.57 Å². The zero-order chi connectivity index (χ0) is 16.7. The van der Waals surface area contributed by atoms with Crippen LogP contribution in [0.2, 0.25) is 19.6 Å². The van der Waals surface area contributed by atoms with Gasteiger partial charge in [0.2, 0.25) is 0 Å². The third-order valence-electron chi connectivity index (χ3n) is 4.45. The van der Waals surface area contributed by atoms with E-state index in [1.54, 1.807) is 0 Å². The topological polar surface area (TPSA) is 26.3 Å². The number of benzene rings is 2. The quantitative estimate of drug-likeness (QED) is 0.614. The van der Waals surface area contributed by atoms with E-state index < -0.39 is 13.5 Å². The maximum Gasteiger partial charge on any atom is 0.324 e. The lowest BCUT2D eigenvalue weighted by Crippen LogP contribution is -2.34. The SMILES string of the molecule is COC(=O)C1(c2ccccc2)C(c2ccccc2)=C1[Si](C)(C)C. The molecule has 0 aromatic heterocycles. The van der Waals surface area contributed by atoms with Crippen molar-refractivity contribution in [1.29, 1.82) is 0 Å². The summed E-state index contributed by atoms with van der Waals surface area (Å²) in [6, 6.07) is 20.2. The van der Waals surface area contributed by atoms with Crippen LogP contribution in [0.3, 0.4) is 0 Å². The van der Waals surface area contributed by atoms with Gasteiger partial charge in [-0.3, -0.25) is 4.79 Å². The molecule has 1 unspecified atom stereocenters. The monoisotopic (exact) mass is 322 g/mol. The van der Waals surface area contributed by atoms with Gasteiger partial charge >= 0.3 is 5.97 Å². The zero-order valence-electron chi connectivity index (χ0n) is 14.1. The first-order chi connectivity index (χ1) is 10.9. The highest BCUT2D eigenvalue weighted by atomic mass is 28.3. The van der Waals surface area contributed by atoms with Crippen molar-refractivity contribution in [2.45, 2.75) is 25.1 Å². The fraction of sp³-hybridized carbons (Fsp3) is 0.250. The molecule has 0 saturated heterocycles. The molecule has 0 amide bonds. The van der Waals surface area contributed by atoms with Gasteiger partial charge in [0.1, 0.15) is 5.41 Å². The first kappa shape index (κ1) is 15.8. The Morgan fingerprint density at radius 3 is 1.91 bits per heavy atom. The maximum absolute atomic E-state index is 12.9. The minimum Gasteiger partial charge on any atom is -0.468 e. The third kappa shape index (κ3) is 2.36. The highest BCUT2D eigenvalue weighted by Crippen LogP contribution is 2.63. The molecule has 0 aliphatic heterocycles. The summed E-state index contributed by atoms with van der Waals surface area (Å²) < 4.78 is 5.25. The minimum absolute atomic E-state index is 0.167. The molecule has 118 valence electrons. The number of methoxy groups -OCH3 is 1. The fourth-order valence-corrected chi connectivity index (χ4v) is 6.15. The molecule has 2 nitrogen and oxygen atoms in total. The highest BCUT2D eigenvalue weighted by molar-refractivity contribution is 6.87. The molecular weight excluding hydrogens is 300 g/mol. The van der Waals surface area contributed by atoms with Crippen LogP contribution >= 0.6 is 0 Å². The van der Waals surface area contributed by atoms with Crippen molar-refractivity contribution >= 4 is 19.6 Å². The van der Waals surface area contributed by atoms with Gasteiger partial charge in [0, 0.05) is 0 Å². The second kappa shape index (κ2) is 5.50. The number of rotatable bonds is 4. The molecule has 0 spiro atoms. The number of hydrogen-bond donors (Lipinski definition) is 0. The largest absolute Gasteiger partial charge is 0.468 e. The van der Waals surface area contributed by atoms with E-state index in [0.29, 0.717) is 0 Å². The van der Waals surface area contributed by atoms with Crippen LogP contribution in [0, 0.1) is 0 Å². The van der Waals surface area contributed by atoms with Crippen molar-refractivity contribution in [3.8, 4) is 0 Å². The Labute approximate surface area is 138 Å². The molecule has 0 fully saturated rings. The van der Waals surface area contributed by atoms with Crippen LogP contribution in [0.5, 0.6) is 0 Å². The van der Waals surface area contributed by atoms with E-state index >= 15 is 0 Å². The van der Waals surface area contributed by atoms with E-state index in [9.17, 15) is 4.79 Å². The molecular formula is C20H22O2Si. The molecule has 0 radical (unpaired) electrons. The summed E-state index contributed by atoms with van der Waals surface area (Å²) in [5.41, 5.74) is 2.60. The Hall–Kier alpha value is -2.13. The van der Waals surface area contributed by atoms with Gasteiger partial charge in [0.25, 0.3) is 0 Å². The Bertz CT molecular complexity index is 757. The second-order valence-electron chi connectivity index (χ2n) is 6.97. The Balaban J connectivity index is 2.24. The standard InChI is InChI=1S/C20H22O2Si/c1-22-19(21)20(16-13-9-6-10-14-16)17(18(20)23(2,3)4)15-11-7-5-8-12-15/h5-14H,1-4H3. The minimum atomic E-state index is -1.69. The Morgan fingerprint density at radius 1 is 0.913 bits per heavy atom. The van der Waals surface area contributed by atoms with Crippen molar-refractivity contribution in [3.63, 3.8) is 0 Å². The van der Waals surface area contributed by atoms with Gasteiger partial charge < -0.3 is 4.74 Å². The average Bonchev–Trinajstić information content (AvgIpc) is 3.28. The third-order valence-corrected chi connectivity index (χ3v) is 6.57. The van der Waals surface area contributed by atoms with E-state index in [2.05, 4.69) is 31.8 Å². The van der Waals surface area contributed by atoms with Crippen molar-refractivity contribution in [2.24, 2.45) is 0 Å². The molecule has 2 aromatic carbocycles. The summed E-state index contributed by atoms with van der Waals surface area (Å²) in [4.78, 5) is 12.9. The first-order valence-corrected chi connectivity index (χ1v) is 11.4. The highest BCUT2D eigenvalue weighted by Gasteiger charge is 2.64. The van der Waals surface area contributed by atoms with Gasteiger partial charge in [0.05, 0.1) is 15.2 Å². The van der Waals surface area contributed by atoms with E-state index in [4.69, 9.17) is 4.74 Å². The number of carbonyl (C=O) groups excluding carboxylic acids is 1. The number of esters is 1. The van der Waals surface area contributed by atoms with Crippen LogP contribution in [0.1, 0.15) is 11.1 Å². The molecule has 1 atom stereocenters. The lowest BCUT2D eigenvalue weighted by molar-refractivity contribution is -0.142. The van der Waals surface area contributed by atoms with E-state index in [1.165, 1.54) is 12.3 Å². The van der Waals surface area contributed by atoms with Crippen molar-refractivity contribution in [1.82, 2.24) is 0 Å². The number of hydrogen-bond acceptors (Lipinski definition) is 2. The summed E-state index contributed by atoms with van der Waals surface area (Å²) in [5.74, 6) is -0.167. The molecule has 0 heterocycles. The van der Waals surface area contributed by atoms with Gasteiger partial charge in [-0.2, -0.15) is 0 Å². The summed E-state index contributed by atoms with van der Waals surface area (Å²) in [7, 11) is -0.206. The maximum atomic E-state index is 12.9. The molecule has 23 heavy (non-hydrogen) atoms. The molecule has 3 rings (SSSR count).